The van der Waals surface area contributed by atoms with Gasteiger partial charge in [0, 0.05) is 21.0 Å². The van der Waals surface area contributed by atoms with Crippen molar-refractivity contribution < 1.29 is 13.2 Å². The van der Waals surface area contributed by atoms with Gasteiger partial charge in [-0.1, -0.05) is 49.5 Å². The monoisotopic (exact) mass is 403 g/mol. The van der Waals surface area contributed by atoms with Crippen molar-refractivity contribution in [3.63, 3.8) is 0 Å². The fourth-order valence-corrected chi connectivity index (χ4v) is 6.08. The number of nitrogens with one attached hydrogen (secondary N) is 1. The van der Waals surface area contributed by atoms with Gasteiger partial charge in [-0.25, -0.2) is 13.1 Å². The lowest BCUT2D eigenvalue weighted by Crippen LogP contribution is -2.29. The molecule has 0 saturated carbocycles. The summed E-state index contributed by atoms with van der Waals surface area (Å²) in [5, 5.41) is 0. The van der Waals surface area contributed by atoms with Gasteiger partial charge in [0.15, 0.2) is 0 Å². The number of benzene rings is 2. The maximum Gasteiger partial charge on any atom is 0.240 e. The van der Waals surface area contributed by atoms with Crippen LogP contribution < -0.4 is 9.46 Å². The third-order valence-electron chi connectivity index (χ3n) is 4.74. The Bertz CT molecular complexity index is 902. The third kappa shape index (κ3) is 5.43. The molecule has 0 radical (unpaired) electrons. The van der Waals surface area contributed by atoms with Gasteiger partial charge in [0.25, 0.3) is 0 Å². The molecule has 0 spiro atoms. The molecule has 4 nitrogen and oxygen atoms in total. The van der Waals surface area contributed by atoms with E-state index in [1.165, 1.54) is 5.56 Å². The summed E-state index contributed by atoms with van der Waals surface area (Å²) in [6.07, 6.45) is 1.92. The molecule has 0 saturated heterocycles. The highest BCUT2D eigenvalue weighted by Gasteiger charge is 2.28. The Morgan fingerprint density at radius 2 is 1.81 bits per heavy atom. The van der Waals surface area contributed by atoms with E-state index in [1.54, 1.807) is 12.1 Å². The molecule has 0 bridgehead atoms. The third-order valence-corrected chi connectivity index (χ3v) is 7.90. The molecule has 0 amide bonds. The Morgan fingerprint density at radius 3 is 2.48 bits per heavy atom. The molecule has 1 N–H and O–H groups in total. The van der Waals surface area contributed by atoms with Crippen LogP contribution in [0, 0.1) is 6.92 Å². The van der Waals surface area contributed by atoms with E-state index in [4.69, 9.17) is 4.74 Å². The highest BCUT2D eigenvalue weighted by Crippen LogP contribution is 2.33. The molecule has 3 rings (SSSR count). The zero-order valence-corrected chi connectivity index (χ0v) is 18.4. The molecule has 1 atom stereocenters. The first-order valence-corrected chi connectivity index (χ1v) is 14.7. The highest BCUT2D eigenvalue weighted by molar-refractivity contribution is 7.89. The van der Waals surface area contributed by atoms with Gasteiger partial charge in [0.2, 0.25) is 10.0 Å². The van der Waals surface area contributed by atoms with E-state index < -0.39 is 18.1 Å². The largest absolute Gasteiger partial charge is 0.490 e. The molecule has 1 heterocycles. The lowest BCUT2D eigenvalue weighted by atomic mass is 10.1. The first kappa shape index (κ1) is 20.1. The van der Waals surface area contributed by atoms with Crippen molar-refractivity contribution in [1.29, 1.82) is 0 Å². The van der Waals surface area contributed by atoms with Crippen LogP contribution in [-0.2, 0) is 22.9 Å². The Balaban J connectivity index is 1.57. The molecule has 1 aliphatic rings. The molecule has 1 unspecified atom stereocenters. The molecule has 1 aliphatic heterocycles. The van der Waals surface area contributed by atoms with Crippen LogP contribution in [0.2, 0.25) is 25.7 Å². The van der Waals surface area contributed by atoms with Gasteiger partial charge in [-0.3, -0.25) is 0 Å². The summed E-state index contributed by atoms with van der Waals surface area (Å²) < 4.78 is 33.5. The molecule has 0 aliphatic carbocycles. The van der Waals surface area contributed by atoms with Crippen LogP contribution in [0.4, 0.5) is 0 Å². The fraction of sp³-hybridized carbons (Fsp3) is 0.429. The lowest BCUT2D eigenvalue weighted by Gasteiger charge is -2.20. The standard InChI is InChI=1S/C21H29NO3SSi/c1-16-5-8-20(9-6-16)26(23,24)22-12-11-17-7-10-21-18(13-17)14-19(25-21)15-27(2,3)4/h5-10,13,19,22H,11-12,14-15H2,1-4H3. The van der Waals surface area contributed by atoms with Crippen LogP contribution in [0.15, 0.2) is 47.4 Å². The molecule has 6 heteroatoms. The van der Waals surface area contributed by atoms with E-state index in [0.717, 1.165) is 29.3 Å². The minimum Gasteiger partial charge on any atom is -0.490 e. The van der Waals surface area contributed by atoms with Crippen molar-refractivity contribution in [2.24, 2.45) is 0 Å². The van der Waals surface area contributed by atoms with E-state index >= 15 is 0 Å². The van der Waals surface area contributed by atoms with Crippen LogP contribution in [-0.4, -0.2) is 29.1 Å². The molecule has 0 fully saturated rings. The van der Waals surface area contributed by atoms with Crippen LogP contribution in [0.5, 0.6) is 5.75 Å². The number of sulfonamides is 1. The summed E-state index contributed by atoms with van der Waals surface area (Å²) in [5.74, 6) is 0.988. The van der Waals surface area contributed by atoms with Crippen molar-refractivity contribution in [1.82, 2.24) is 4.72 Å². The zero-order chi connectivity index (χ0) is 19.7. The van der Waals surface area contributed by atoms with Crippen LogP contribution >= 0.6 is 0 Å². The predicted molar refractivity (Wildman–Crippen MR) is 113 cm³/mol. The van der Waals surface area contributed by atoms with Crippen molar-refractivity contribution >= 4 is 18.1 Å². The number of hydrogen-bond donors (Lipinski definition) is 1. The lowest BCUT2D eigenvalue weighted by molar-refractivity contribution is 0.252. The zero-order valence-electron chi connectivity index (χ0n) is 16.6. The molecule has 27 heavy (non-hydrogen) atoms. The number of hydrogen-bond acceptors (Lipinski definition) is 3. The van der Waals surface area contributed by atoms with Gasteiger partial charge in [-0.15, -0.1) is 0 Å². The number of fused-ring (bicyclic) bond motifs is 1. The number of ether oxygens (including phenoxy) is 1. The summed E-state index contributed by atoms with van der Waals surface area (Å²) in [7, 11) is -4.61. The van der Waals surface area contributed by atoms with Gasteiger partial charge in [0.05, 0.1) is 4.90 Å². The number of aryl methyl sites for hydroxylation is 1. The predicted octanol–water partition coefficient (Wildman–Crippen LogP) is 4.16. The molecule has 2 aromatic rings. The summed E-state index contributed by atoms with van der Waals surface area (Å²) in [4.78, 5) is 0.310. The van der Waals surface area contributed by atoms with Gasteiger partial charge < -0.3 is 4.74 Å². The van der Waals surface area contributed by atoms with Crippen molar-refractivity contribution in [3.8, 4) is 5.75 Å². The van der Waals surface area contributed by atoms with Crippen molar-refractivity contribution in [2.45, 2.75) is 56.4 Å². The second kappa shape index (κ2) is 7.77. The van der Waals surface area contributed by atoms with Gasteiger partial charge >= 0.3 is 0 Å². The van der Waals surface area contributed by atoms with Crippen LogP contribution in [0.25, 0.3) is 0 Å². The Morgan fingerprint density at radius 1 is 1.11 bits per heavy atom. The maximum atomic E-state index is 12.4. The SMILES string of the molecule is Cc1ccc(S(=O)(=O)NCCc2ccc3c(c2)CC(C[Si](C)(C)C)O3)cc1. The van der Waals surface area contributed by atoms with E-state index in [1.807, 2.05) is 31.2 Å². The van der Waals surface area contributed by atoms with Crippen LogP contribution in [0.1, 0.15) is 16.7 Å². The van der Waals surface area contributed by atoms with Crippen molar-refractivity contribution in [2.75, 3.05) is 6.54 Å². The first-order chi connectivity index (χ1) is 12.6. The second-order valence-corrected chi connectivity index (χ2v) is 15.9. The average Bonchev–Trinajstić information content (AvgIpc) is 2.94. The van der Waals surface area contributed by atoms with Crippen molar-refractivity contribution in [3.05, 3.63) is 59.2 Å². The average molecular weight is 404 g/mol. The Labute approximate surface area is 164 Å². The van der Waals surface area contributed by atoms with E-state index in [9.17, 15) is 8.42 Å². The fourth-order valence-electron chi connectivity index (χ4n) is 3.46. The van der Waals surface area contributed by atoms with E-state index in [-0.39, 0.29) is 0 Å². The van der Waals surface area contributed by atoms with Gasteiger partial charge in [-0.05, 0) is 48.7 Å². The minimum absolute atomic E-state index is 0.293. The van der Waals surface area contributed by atoms with Gasteiger partial charge in [0.1, 0.15) is 11.9 Å². The minimum atomic E-state index is -3.46. The van der Waals surface area contributed by atoms with E-state index in [0.29, 0.717) is 24.0 Å². The second-order valence-electron chi connectivity index (χ2n) is 8.61. The normalized spacial score (nSPS) is 16.8. The molecule has 146 valence electrons. The summed E-state index contributed by atoms with van der Waals surface area (Å²) in [6, 6.07) is 14.3. The Kier molecular flexibility index (Phi) is 5.79. The Hall–Kier alpha value is -1.63. The molecular weight excluding hydrogens is 374 g/mol. The molecule has 2 aromatic carbocycles. The summed E-state index contributed by atoms with van der Waals surface area (Å²) in [5.41, 5.74) is 3.43. The van der Waals surface area contributed by atoms with Gasteiger partial charge in [-0.2, -0.15) is 0 Å². The quantitative estimate of drug-likeness (QED) is 0.706. The first-order valence-electron chi connectivity index (χ1n) is 9.47. The summed E-state index contributed by atoms with van der Waals surface area (Å²) in [6.45, 7) is 9.42. The molecule has 0 aromatic heterocycles. The van der Waals surface area contributed by atoms with E-state index in [2.05, 4.69) is 30.4 Å². The topological polar surface area (TPSA) is 55.4 Å². The maximum absolute atomic E-state index is 12.4. The number of rotatable bonds is 7. The molecular formula is C21H29NO3SSi. The summed E-state index contributed by atoms with van der Waals surface area (Å²) >= 11 is 0. The van der Waals surface area contributed by atoms with Crippen LogP contribution in [0.3, 0.4) is 0 Å². The highest BCUT2D eigenvalue weighted by atomic mass is 32.2. The smallest absolute Gasteiger partial charge is 0.240 e.